The lowest BCUT2D eigenvalue weighted by atomic mass is 10.1. The number of hydrogen-bond acceptors (Lipinski definition) is 4. The molecule has 2 aromatic rings. The number of halogens is 1. The third-order valence-corrected chi connectivity index (χ3v) is 3.84. The van der Waals surface area contributed by atoms with Crippen LogP contribution in [-0.4, -0.2) is 22.4 Å². The van der Waals surface area contributed by atoms with Crippen LogP contribution in [0.5, 0.6) is 5.88 Å². The van der Waals surface area contributed by atoms with E-state index < -0.39 is 0 Å². The van der Waals surface area contributed by atoms with Gasteiger partial charge in [0.2, 0.25) is 5.88 Å². The van der Waals surface area contributed by atoms with Crippen molar-refractivity contribution in [1.82, 2.24) is 9.78 Å². The summed E-state index contributed by atoms with van der Waals surface area (Å²) in [4.78, 5) is 12.1. The smallest absolute Gasteiger partial charge is 0.338 e. The third-order valence-electron chi connectivity index (χ3n) is 2.83. The zero-order valence-electron chi connectivity index (χ0n) is 12.0. The highest BCUT2D eigenvalue weighted by Gasteiger charge is 2.16. The number of ether oxygens (including phenoxy) is 2. The Balaban J connectivity index is 2.15. The number of esters is 1. The van der Waals surface area contributed by atoms with E-state index in [-0.39, 0.29) is 12.6 Å². The summed E-state index contributed by atoms with van der Waals surface area (Å²) in [6.07, 6.45) is 2.61. The molecule has 0 aliphatic heterocycles. The summed E-state index contributed by atoms with van der Waals surface area (Å²) in [6, 6.07) is 7.32. The first-order valence-corrected chi connectivity index (χ1v) is 7.76. The average molecular weight is 400 g/mol. The van der Waals surface area contributed by atoms with E-state index in [1.54, 1.807) is 16.8 Å². The van der Waals surface area contributed by atoms with E-state index in [0.29, 0.717) is 18.1 Å². The highest BCUT2D eigenvalue weighted by atomic mass is 127. The molecule has 0 radical (unpaired) electrons. The second kappa shape index (κ2) is 7.44. The normalized spacial score (nSPS) is 10.4. The fourth-order valence-corrected chi connectivity index (χ4v) is 2.44. The van der Waals surface area contributed by atoms with Crippen molar-refractivity contribution >= 4 is 28.6 Å². The minimum absolute atomic E-state index is 0.284. The molecule has 0 fully saturated rings. The molecule has 2 rings (SSSR count). The van der Waals surface area contributed by atoms with Crippen LogP contribution in [0.15, 0.2) is 30.5 Å². The van der Waals surface area contributed by atoms with Crippen molar-refractivity contribution in [1.29, 1.82) is 0 Å². The van der Waals surface area contributed by atoms with Crippen LogP contribution >= 0.6 is 22.6 Å². The summed E-state index contributed by atoms with van der Waals surface area (Å²) < 4.78 is 13.5. The lowest BCUT2D eigenvalue weighted by Crippen LogP contribution is -2.12. The first-order valence-electron chi connectivity index (χ1n) is 6.68. The molecule has 112 valence electrons. The van der Waals surface area contributed by atoms with Crippen LogP contribution in [0.1, 0.15) is 29.3 Å². The minimum atomic E-state index is -0.310. The van der Waals surface area contributed by atoms with E-state index in [2.05, 4.69) is 27.7 Å². The van der Waals surface area contributed by atoms with E-state index in [4.69, 9.17) is 9.47 Å². The van der Waals surface area contributed by atoms with Gasteiger partial charge in [-0.15, -0.1) is 5.10 Å². The van der Waals surface area contributed by atoms with E-state index in [1.165, 1.54) is 0 Å². The summed E-state index contributed by atoms with van der Waals surface area (Å²) in [6.45, 7) is 2.67. The molecule has 0 saturated heterocycles. The van der Waals surface area contributed by atoms with Crippen molar-refractivity contribution < 1.29 is 14.3 Å². The van der Waals surface area contributed by atoms with E-state index in [0.717, 1.165) is 15.6 Å². The Morgan fingerprint density at radius 3 is 2.86 bits per heavy atom. The number of nitrogens with zero attached hydrogens (tertiary/aromatic N) is 2. The SMILES string of the molecule is CCCOC(=O)c1cccc(I)c1COc1ccn(C)n1. The van der Waals surface area contributed by atoms with Crippen molar-refractivity contribution in [3.63, 3.8) is 0 Å². The molecule has 0 atom stereocenters. The van der Waals surface area contributed by atoms with Crippen LogP contribution in [-0.2, 0) is 18.4 Å². The molecular weight excluding hydrogens is 383 g/mol. The van der Waals surface area contributed by atoms with Crippen molar-refractivity contribution in [2.45, 2.75) is 20.0 Å². The Morgan fingerprint density at radius 2 is 2.19 bits per heavy atom. The highest BCUT2D eigenvalue weighted by Crippen LogP contribution is 2.20. The molecule has 21 heavy (non-hydrogen) atoms. The van der Waals surface area contributed by atoms with Crippen LogP contribution < -0.4 is 4.74 Å². The van der Waals surface area contributed by atoms with Crippen molar-refractivity contribution in [3.8, 4) is 5.88 Å². The predicted octanol–water partition coefficient (Wildman–Crippen LogP) is 3.17. The van der Waals surface area contributed by atoms with Crippen molar-refractivity contribution in [2.24, 2.45) is 7.05 Å². The molecule has 0 aliphatic rings. The largest absolute Gasteiger partial charge is 0.472 e. The number of hydrogen-bond donors (Lipinski definition) is 0. The first-order chi connectivity index (χ1) is 10.1. The third kappa shape index (κ3) is 4.20. The predicted molar refractivity (Wildman–Crippen MR) is 87.3 cm³/mol. The zero-order valence-corrected chi connectivity index (χ0v) is 14.2. The number of aryl methyl sites for hydroxylation is 1. The Kier molecular flexibility index (Phi) is 5.60. The number of benzene rings is 1. The molecule has 1 aromatic carbocycles. The van der Waals surface area contributed by atoms with E-state index >= 15 is 0 Å². The lowest BCUT2D eigenvalue weighted by molar-refractivity contribution is 0.0502. The Hall–Kier alpha value is -1.57. The van der Waals surface area contributed by atoms with Gasteiger partial charge in [0.1, 0.15) is 6.61 Å². The standard InChI is InChI=1S/C15H17IN2O3/c1-3-9-20-15(19)11-5-4-6-13(16)12(11)10-21-14-7-8-18(2)17-14/h4-8H,3,9-10H2,1-2H3. The molecular formula is C15H17IN2O3. The maximum Gasteiger partial charge on any atom is 0.338 e. The monoisotopic (exact) mass is 400 g/mol. The Labute approximate surface area is 137 Å². The van der Waals surface area contributed by atoms with Gasteiger partial charge in [-0.3, -0.25) is 4.68 Å². The van der Waals surface area contributed by atoms with Gasteiger partial charge in [-0.1, -0.05) is 13.0 Å². The first kappa shape index (κ1) is 15.8. The quantitative estimate of drug-likeness (QED) is 0.552. The Morgan fingerprint density at radius 1 is 1.38 bits per heavy atom. The van der Waals surface area contributed by atoms with Gasteiger partial charge in [-0.05, 0) is 41.1 Å². The van der Waals surface area contributed by atoms with E-state index in [1.807, 2.05) is 32.3 Å². The number of aromatic nitrogens is 2. The van der Waals surface area contributed by atoms with Gasteiger partial charge in [0.05, 0.1) is 12.2 Å². The number of rotatable bonds is 6. The summed E-state index contributed by atoms with van der Waals surface area (Å²) in [7, 11) is 1.83. The van der Waals surface area contributed by atoms with Crippen LogP contribution in [0.25, 0.3) is 0 Å². The zero-order chi connectivity index (χ0) is 15.2. The fraction of sp³-hybridized carbons (Fsp3) is 0.333. The van der Waals surface area contributed by atoms with Gasteiger partial charge in [-0.2, -0.15) is 0 Å². The summed E-state index contributed by atoms with van der Waals surface area (Å²) in [5.41, 5.74) is 1.37. The average Bonchev–Trinajstić information content (AvgIpc) is 2.89. The van der Waals surface area contributed by atoms with Gasteiger partial charge in [0.25, 0.3) is 0 Å². The van der Waals surface area contributed by atoms with Crippen LogP contribution in [0, 0.1) is 3.57 Å². The summed E-state index contributed by atoms with van der Waals surface area (Å²) in [5.74, 6) is 0.222. The molecule has 1 heterocycles. The molecule has 0 aliphatic carbocycles. The maximum absolute atomic E-state index is 12.1. The van der Waals surface area contributed by atoms with E-state index in [9.17, 15) is 4.79 Å². The summed E-state index contributed by atoms with van der Waals surface area (Å²) >= 11 is 2.19. The second-order valence-electron chi connectivity index (χ2n) is 4.52. The molecule has 5 nitrogen and oxygen atoms in total. The molecule has 0 unspecified atom stereocenters. The number of carbonyl (C=O) groups is 1. The fourth-order valence-electron chi connectivity index (χ4n) is 1.79. The molecule has 0 saturated carbocycles. The molecule has 6 heteroatoms. The van der Waals surface area contributed by atoms with Gasteiger partial charge < -0.3 is 9.47 Å². The molecule has 0 spiro atoms. The van der Waals surface area contributed by atoms with Gasteiger partial charge >= 0.3 is 5.97 Å². The number of carbonyl (C=O) groups excluding carboxylic acids is 1. The minimum Gasteiger partial charge on any atom is -0.472 e. The summed E-state index contributed by atoms with van der Waals surface area (Å²) in [5, 5.41) is 4.16. The molecule has 1 aromatic heterocycles. The van der Waals surface area contributed by atoms with Crippen LogP contribution in [0.3, 0.4) is 0 Å². The second-order valence-corrected chi connectivity index (χ2v) is 5.68. The van der Waals surface area contributed by atoms with Gasteiger partial charge in [-0.25, -0.2) is 4.79 Å². The Bertz CT molecular complexity index is 625. The van der Waals surface area contributed by atoms with Crippen molar-refractivity contribution in [3.05, 3.63) is 45.2 Å². The molecule has 0 N–H and O–H groups in total. The van der Waals surface area contributed by atoms with Crippen molar-refractivity contribution in [2.75, 3.05) is 6.61 Å². The molecule has 0 amide bonds. The molecule has 0 bridgehead atoms. The maximum atomic E-state index is 12.1. The highest BCUT2D eigenvalue weighted by molar-refractivity contribution is 14.1. The van der Waals surface area contributed by atoms with Gasteiger partial charge in [0, 0.05) is 28.4 Å². The topological polar surface area (TPSA) is 53.4 Å². The lowest BCUT2D eigenvalue weighted by Gasteiger charge is -2.11. The van der Waals surface area contributed by atoms with Crippen LogP contribution in [0.4, 0.5) is 0 Å². The van der Waals surface area contributed by atoms with Crippen LogP contribution in [0.2, 0.25) is 0 Å². The van der Waals surface area contributed by atoms with Gasteiger partial charge in [0.15, 0.2) is 0 Å².